The van der Waals surface area contributed by atoms with E-state index in [1.165, 1.54) is 0 Å². The highest BCUT2D eigenvalue weighted by Gasteiger charge is 2.48. The van der Waals surface area contributed by atoms with E-state index in [-0.39, 0.29) is 23.7 Å². The highest BCUT2D eigenvalue weighted by molar-refractivity contribution is 6.00. The summed E-state index contributed by atoms with van der Waals surface area (Å²) >= 11 is 0. The summed E-state index contributed by atoms with van der Waals surface area (Å²) < 4.78 is 0. The number of hydrogen-bond acceptors (Lipinski definition) is 4. The number of pyridine rings is 1. The fourth-order valence-electron chi connectivity index (χ4n) is 2.51. The van der Waals surface area contributed by atoms with Crippen LogP contribution in [0.15, 0.2) is 48.8 Å². The first-order valence-corrected chi connectivity index (χ1v) is 7.65. The Morgan fingerprint density at radius 3 is 2.71 bits per heavy atom. The van der Waals surface area contributed by atoms with Gasteiger partial charge in [0.1, 0.15) is 6.07 Å². The van der Waals surface area contributed by atoms with Gasteiger partial charge in [0.15, 0.2) is 0 Å². The first-order chi connectivity index (χ1) is 11.7. The summed E-state index contributed by atoms with van der Waals surface area (Å²) in [6, 6.07) is 12.5. The van der Waals surface area contributed by atoms with Crippen molar-refractivity contribution in [3.8, 4) is 6.07 Å². The largest absolute Gasteiger partial charge is 0.352 e. The lowest BCUT2D eigenvalue weighted by Crippen LogP contribution is -2.27. The highest BCUT2D eigenvalue weighted by Crippen LogP contribution is 2.39. The molecular weight excluding hydrogens is 304 g/mol. The third kappa shape index (κ3) is 3.58. The average Bonchev–Trinajstić information content (AvgIpc) is 3.42. The van der Waals surface area contributed by atoms with Gasteiger partial charge in [0.25, 0.3) is 0 Å². The van der Waals surface area contributed by atoms with E-state index in [9.17, 15) is 9.59 Å². The Kier molecular flexibility index (Phi) is 4.52. The molecule has 2 unspecified atom stereocenters. The predicted octanol–water partition coefficient (Wildman–Crippen LogP) is 1.84. The number of carbonyl (C=O) groups excluding carboxylic acids is 2. The summed E-state index contributed by atoms with van der Waals surface area (Å²) in [5, 5.41) is 14.6. The van der Waals surface area contributed by atoms with Gasteiger partial charge in [-0.25, -0.2) is 0 Å². The molecule has 3 rings (SSSR count). The third-order valence-electron chi connectivity index (χ3n) is 3.96. The van der Waals surface area contributed by atoms with Crippen LogP contribution in [0, 0.1) is 23.2 Å². The molecular formula is C18H16N4O2. The number of benzene rings is 1. The van der Waals surface area contributed by atoms with Gasteiger partial charge in [0.05, 0.1) is 23.1 Å². The van der Waals surface area contributed by atoms with Crippen molar-refractivity contribution in [2.24, 2.45) is 11.8 Å². The van der Waals surface area contributed by atoms with E-state index in [1.807, 2.05) is 18.2 Å². The maximum Gasteiger partial charge on any atom is 0.228 e. The number of rotatable bonds is 5. The van der Waals surface area contributed by atoms with E-state index in [0.717, 1.165) is 5.56 Å². The molecule has 0 spiro atoms. The normalized spacial score (nSPS) is 18.3. The van der Waals surface area contributed by atoms with E-state index in [4.69, 9.17) is 5.26 Å². The molecule has 0 bridgehead atoms. The van der Waals surface area contributed by atoms with Gasteiger partial charge in [-0.2, -0.15) is 5.26 Å². The standard InChI is InChI=1S/C18H16N4O2/c19-9-13-5-1-2-6-16(13)22-18(24)15-8-14(15)17(23)21-11-12-4-3-7-20-10-12/h1-7,10,14-15H,8,11H2,(H,21,23)(H,22,24). The average molecular weight is 320 g/mol. The predicted molar refractivity (Wildman–Crippen MR) is 87.5 cm³/mol. The molecule has 1 aliphatic carbocycles. The Labute approximate surface area is 139 Å². The first kappa shape index (κ1) is 15.7. The molecule has 2 N–H and O–H groups in total. The number of aromatic nitrogens is 1. The SMILES string of the molecule is N#Cc1ccccc1NC(=O)C1CC1C(=O)NCc1cccnc1. The summed E-state index contributed by atoms with van der Waals surface area (Å²) in [5.74, 6) is -1.01. The Morgan fingerprint density at radius 2 is 1.96 bits per heavy atom. The van der Waals surface area contributed by atoms with Crippen LogP contribution in [-0.2, 0) is 16.1 Å². The van der Waals surface area contributed by atoms with Gasteiger partial charge >= 0.3 is 0 Å². The van der Waals surface area contributed by atoms with Crippen molar-refractivity contribution in [3.05, 3.63) is 59.9 Å². The number of para-hydroxylation sites is 1. The quantitative estimate of drug-likeness (QED) is 0.879. The van der Waals surface area contributed by atoms with Crippen LogP contribution < -0.4 is 10.6 Å². The fourth-order valence-corrected chi connectivity index (χ4v) is 2.51. The number of hydrogen-bond donors (Lipinski definition) is 2. The zero-order valence-corrected chi connectivity index (χ0v) is 12.9. The zero-order valence-electron chi connectivity index (χ0n) is 12.9. The summed E-state index contributed by atoms with van der Waals surface area (Å²) in [5.41, 5.74) is 1.80. The Bertz CT molecular complexity index is 798. The molecule has 1 aromatic carbocycles. The maximum absolute atomic E-state index is 12.2. The summed E-state index contributed by atoms with van der Waals surface area (Å²) in [4.78, 5) is 28.3. The summed E-state index contributed by atoms with van der Waals surface area (Å²) in [6.07, 6.45) is 3.89. The van der Waals surface area contributed by atoms with Gasteiger partial charge in [-0.1, -0.05) is 18.2 Å². The van der Waals surface area contributed by atoms with Crippen molar-refractivity contribution < 1.29 is 9.59 Å². The van der Waals surface area contributed by atoms with E-state index in [2.05, 4.69) is 15.6 Å². The van der Waals surface area contributed by atoms with Gasteiger partial charge in [-0.05, 0) is 30.2 Å². The number of amides is 2. The Morgan fingerprint density at radius 1 is 1.17 bits per heavy atom. The summed E-state index contributed by atoms with van der Waals surface area (Å²) in [7, 11) is 0. The smallest absolute Gasteiger partial charge is 0.228 e. The van der Waals surface area contributed by atoms with Crippen LogP contribution >= 0.6 is 0 Å². The van der Waals surface area contributed by atoms with E-state index in [0.29, 0.717) is 24.2 Å². The molecule has 120 valence electrons. The van der Waals surface area contributed by atoms with Crippen molar-refractivity contribution in [2.75, 3.05) is 5.32 Å². The van der Waals surface area contributed by atoms with Crippen LogP contribution in [0.4, 0.5) is 5.69 Å². The lowest BCUT2D eigenvalue weighted by molar-refractivity contribution is -0.125. The minimum absolute atomic E-state index is 0.132. The number of nitrogens with one attached hydrogen (secondary N) is 2. The van der Waals surface area contributed by atoms with E-state index < -0.39 is 0 Å². The fraction of sp³-hybridized carbons (Fsp3) is 0.222. The van der Waals surface area contributed by atoms with Crippen LogP contribution in [0.3, 0.4) is 0 Å². The molecule has 24 heavy (non-hydrogen) atoms. The van der Waals surface area contributed by atoms with Gasteiger partial charge < -0.3 is 10.6 Å². The van der Waals surface area contributed by atoms with Gasteiger partial charge in [-0.3, -0.25) is 14.6 Å². The summed E-state index contributed by atoms with van der Waals surface area (Å²) in [6.45, 7) is 0.398. The molecule has 6 heteroatoms. The molecule has 0 radical (unpaired) electrons. The van der Waals surface area contributed by atoms with E-state index in [1.54, 1.807) is 36.7 Å². The molecule has 6 nitrogen and oxygen atoms in total. The molecule has 1 fully saturated rings. The number of nitrogens with zero attached hydrogens (tertiary/aromatic N) is 2. The van der Waals surface area contributed by atoms with Crippen LogP contribution in [-0.4, -0.2) is 16.8 Å². The van der Waals surface area contributed by atoms with E-state index >= 15 is 0 Å². The molecule has 1 saturated carbocycles. The maximum atomic E-state index is 12.2. The molecule has 2 aromatic rings. The second-order valence-corrected chi connectivity index (χ2v) is 5.67. The van der Waals surface area contributed by atoms with Gasteiger partial charge in [0, 0.05) is 18.9 Å². The lowest BCUT2D eigenvalue weighted by atomic mass is 10.2. The molecule has 0 saturated heterocycles. The number of carbonyl (C=O) groups is 2. The highest BCUT2D eigenvalue weighted by atomic mass is 16.2. The molecule has 1 aliphatic rings. The van der Waals surface area contributed by atoms with Crippen LogP contribution in [0.2, 0.25) is 0 Å². The first-order valence-electron chi connectivity index (χ1n) is 7.65. The van der Waals surface area contributed by atoms with Crippen molar-refractivity contribution in [2.45, 2.75) is 13.0 Å². The van der Waals surface area contributed by atoms with Crippen molar-refractivity contribution in [3.63, 3.8) is 0 Å². The Hall–Kier alpha value is -3.20. The number of nitriles is 1. The number of anilines is 1. The Balaban J connectivity index is 1.52. The van der Waals surface area contributed by atoms with Crippen LogP contribution in [0.5, 0.6) is 0 Å². The molecule has 0 aliphatic heterocycles. The second kappa shape index (κ2) is 6.92. The molecule has 2 amide bonds. The van der Waals surface area contributed by atoms with Crippen LogP contribution in [0.1, 0.15) is 17.5 Å². The molecule has 2 atom stereocenters. The minimum atomic E-state index is -0.342. The zero-order chi connectivity index (χ0) is 16.9. The van der Waals surface area contributed by atoms with Gasteiger partial charge in [-0.15, -0.1) is 0 Å². The molecule has 1 aromatic heterocycles. The van der Waals surface area contributed by atoms with Crippen molar-refractivity contribution in [1.29, 1.82) is 5.26 Å². The topological polar surface area (TPSA) is 94.9 Å². The monoisotopic (exact) mass is 320 g/mol. The lowest BCUT2D eigenvalue weighted by Gasteiger charge is -2.07. The van der Waals surface area contributed by atoms with Crippen LogP contribution in [0.25, 0.3) is 0 Å². The van der Waals surface area contributed by atoms with Crippen molar-refractivity contribution in [1.82, 2.24) is 10.3 Å². The minimum Gasteiger partial charge on any atom is -0.352 e. The third-order valence-corrected chi connectivity index (χ3v) is 3.96. The van der Waals surface area contributed by atoms with Gasteiger partial charge in [0.2, 0.25) is 11.8 Å². The van der Waals surface area contributed by atoms with Crippen molar-refractivity contribution >= 4 is 17.5 Å². The second-order valence-electron chi connectivity index (χ2n) is 5.67. The molecule has 1 heterocycles.